The lowest BCUT2D eigenvalue weighted by molar-refractivity contribution is 0.237. The van der Waals surface area contributed by atoms with Gasteiger partial charge in [0, 0.05) is 37.2 Å². The van der Waals surface area contributed by atoms with Crippen LogP contribution >= 0.6 is 11.8 Å². The first-order chi connectivity index (χ1) is 10.8. The number of nitrogens with zero attached hydrogens (tertiary/aromatic N) is 3. The molecule has 1 aromatic rings. The van der Waals surface area contributed by atoms with Gasteiger partial charge in [0.05, 0.1) is 0 Å². The molecule has 0 radical (unpaired) electrons. The molecule has 1 aromatic heterocycles. The van der Waals surface area contributed by atoms with Gasteiger partial charge in [-0.3, -0.25) is 0 Å². The van der Waals surface area contributed by atoms with E-state index in [1.807, 2.05) is 11.8 Å². The van der Waals surface area contributed by atoms with Crippen molar-refractivity contribution in [1.29, 1.82) is 0 Å². The van der Waals surface area contributed by atoms with Gasteiger partial charge in [0.15, 0.2) is 0 Å². The second-order valence-electron chi connectivity index (χ2n) is 6.03. The Labute approximate surface area is 135 Å². The maximum absolute atomic E-state index is 12.0. The molecule has 2 N–H and O–H groups in total. The zero-order chi connectivity index (χ0) is 15.4. The molecule has 2 heterocycles. The predicted octanol–water partition coefficient (Wildman–Crippen LogP) is 1.74. The second-order valence-corrected chi connectivity index (χ2v) is 7.60. The van der Waals surface area contributed by atoms with Crippen molar-refractivity contribution in [2.75, 3.05) is 12.3 Å². The van der Waals surface area contributed by atoms with Crippen molar-refractivity contribution in [2.24, 2.45) is 0 Å². The summed E-state index contributed by atoms with van der Waals surface area (Å²) in [4.78, 5) is 12.0. The maximum atomic E-state index is 12.0. The van der Waals surface area contributed by atoms with Crippen LogP contribution in [0, 0.1) is 0 Å². The first kappa shape index (κ1) is 15.6. The van der Waals surface area contributed by atoms with Crippen molar-refractivity contribution in [3.8, 4) is 0 Å². The number of thioether (sulfide) groups is 1. The number of rotatable bonds is 6. The molecule has 0 saturated heterocycles. The number of nitrogens with one attached hydrogen (secondary N) is 2. The molecule has 1 saturated carbocycles. The predicted molar refractivity (Wildman–Crippen MR) is 88.1 cm³/mol. The van der Waals surface area contributed by atoms with Gasteiger partial charge in [0.25, 0.3) is 0 Å². The van der Waals surface area contributed by atoms with Crippen LogP contribution in [-0.4, -0.2) is 44.4 Å². The third-order valence-electron chi connectivity index (χ3n) is 4.44. The average molecular weight is 323 g/mol. The molecular formula is C15H25N5OS. The smallest absolute Gasteiger partial charge is 0.315 e. The van der Waals surface area contributed by atoms with E-state index in [1.165, 1.54) is 6.42 Å². The van der Waals surface area contributed by atoms with E-state index in [9.17, 15) is 4.79 Å². The maximum Gasteiger partial charge on any atom is 0.315 e. The molecule has 7 heteroatoms. The molecule has 6 nitrogen and oxygen atoms in total. The van der Waals surface area contributed by atoms with E-state index < -0.39 is 0 Å². The quantitative estimate of drug-likeness (QED) is 0.836. The highest BCUT2D eigenvalue weighted by Crippen LogP contribution is 2.29. The Morgan fingerprint density at radius 1 is 1.41 bits per heavy atom. The molecule has 0 aromatic carbocycles. The van der Waals surface area contributed by atoms with Crippen LogP contribution in [0.15, 0.2) is 0 Å². The highest BCUT2D eigenvalue weighted by Gasteiger charge is 2.25. The lowest BCUT2D eigenvalue weighted by atomic mass is 10.2. The lowest BCUT2D eigenvalue weighted by Crippen LogP contribution is -2.42. The van der Waals surface area contributed by atoms with Gasteiger partial charge in [-0.05, 0) is 31.4 Å². The van der Waals surface area contributed by atoms with Crippen molar-refractivity contribution in [3.05, 3.63) is 11.6 Å². The van der Waals surface area contributed by atoms with Gasteiger partial charge in [-0.15, -0.1) is 10.2 Å². The van der Waals surface area contributed by atoms with Crippen LogP contribution in [0.25, 0.3) is 0 Å². The van der Waals surface area contributed by atoms with Crippen LogP contribution in [0.2, 0.25) is 0 Å². The number of hydrogen-bond acceptors (Lipinski definition) is 4. The first-order valence-electron chi connectivity index (χ1n) is 8.33. The highest BCUT2D eigenvalue weighted by atomic mass is 32.2. The third kappa shape index (κ3) is 3.74. The van der Waals surface area contributed by atoms with Crippen LogP contribution in [0.3, 0.4) is 0 Å². The zero-order valence-electron chi connectivity index (χ0n) is 13.2. The summed E-state index contributed by atoms with van der Waals surface area (Å²) >= 11 is 2.01. The number of carbonyl (C=O) groups is 1. The van der Waals surface area contributed by atoms with E-state index in [1.54, 1.807) is 0 Å². The summed E-state index contributed by atoms with van der Waals surface area (Å²) in [6.07, 6.45) is 6.35. The van der Waals surface area contributed by atoms with Crippen LogP contribution in [0.4, 0.5) is 4.79 Å². The third-order valence-corrected chi connectivity index (χ3v) is 5.68. The van der Waals surface area contributed by atoms with Crippen molar-refractivity contribution in [2.45, 2.75) is 63.3 Å². The van der Waals surface area contributed by atoms with Crippen molar-refractivity contribution >= 4 is 17.8 Å². The topological polar surface area (TPSA) is 71.8 Å². The Balaban J connectivity index is 1.36. The monoisotopic (exact) mass is 323 g/mol. The van der Waals surface area contributed by atoms with Crippen molar-refractivity contribution < 1.29 is 4.79 Å². The lowest BCUT2D eigenvalue weighted by Gasteiger charge is -2.14. The number of amides is 2. The highest BCUT2D eigenvalue weighted by molar-refractivity contribution is 7.99. The van der Waals surface area contributed by atoms with Gasteiger partial charge < -0.3 is 15.2 Å². The summed E-state index contributed by atoms with van der Waals surface area (Å²) in [5.74, 6) is 3.24. The second kappa shape index (κ2) is 7.35. The molecule has 0 spiro atoms. The number of urea groups is 1. The number of fused-ring (bicyclic) bond motifs is 1. The van der Waals surface area contributed by atoms with Crippen molar-refractivity contribution in [3.63, 3.8) is 0 Å². The van der Waals surface area contributed by atoms with Crippen LogP contribution in [0.1, 0.15) is 44.3 Å². The van der Waals surface area contributed by atoms with Gasteiger partial charge in [-0.2, -0.15) is 11.8 Å². The Bertz CT molecular complexity index is 518. The van der Waals surface area contributed by atoms with Gasteiger partial charge in [-0.1, -0.05) is 6.92 Å². The number of aromatic nitrogens is 3. The largest absolute Gasteiger partial charge is 0.338 e. The Hall–Kier alpha value is -1.24. The fourth-order valence-electron chi connectivity index (χ4n) is 3.38. The first-order valence-corrected chi connectivity index (χ1v) is 9.38. The summed E-state index contributed by atoms with van der Waals surface area (Å²) in [5.41, 5.74) is 0. The molecular weight excluding hydrogens is 298 g/mol. The van der Waals surface area contributed by atoms with E-state index in [2.05, 4.69) is 32.3 Å². The summed E-state index contributed by atoms with van der Waals surface area (Å²) in [6.45, 7) is 3.83. The van der Waals surface area contributed by atoms with Gasteiger partial charge in [0.1, 0.15) is 11.6 Å². The SMILES string of the molecule is CCS[C@@H]1CC[C@H](NC(=O)NCCc2nnc3n2CCC3)C1. The van der Waals surface area contributed by atoms with Crippen LogP contribution in [-0.2, 0) is 19.4 Å². The van der Waals surface area contributed by atoms with Gasteiger partial charge in [0.2, 0.25) is 0 Å². The molecule has 2 amide bonds. The summed E-state index contributed by atoms with van der Waals surface area (Å²) < 4.78 is 2.18. The summed E-state index contributed by atoms with van der Waals surface area (Å²) in [7, 11) is 0. The van der Waals surface area contributed by atoms with E-state index in [0.717, 1.165) is 56.1 Å². The summed E-state index contributed by atoms with van der Waals surface area (Å²) in [6, 6.07) is 0.287. The molecule has 0 bridgehead atoms. The summed E-state index contributed by atoms with van der Waals surface area (Å²) in [5, 5.41) is 15.2. The van der Waals surface area contributed by atoms with E-state index in [-0.39, 0.29) is 6.03 Å². The number of hydrogen-bond donors (Lipinski definition) is 2. The van der Waals surface area contributed by atoms with Gasteiger partial charge in [-0.25, -0.2) is 4.79 Å². The van der Waals surface area contributed by atoms with Crippen LogP contribution < -0.4 is 10.6 Å². The average Bonchev–Trinajstić information content (AvgIpc) is 3.18. The van der Waals surface area contributed by atoms with Gasteiger partial charge >= 0.3 is 6.03 Å². The minimum atomic E-state index is -0.0479. The molecule has 1 fully saturated rings. The minimum absolute atomic E-state index is 0.0479. The van der Waals surface area contributed by atoms with Crippen LogP contribution in [0.5, 0.6) is 0 Å². The zero-order valence-corrected chi connectivity index (χ0v) is 14.0. The van der Waals surface area contributed by atoms with E-state index in [0.29, 0.717) is 17.8 Å². The van der Waals surface area contributed by atoms with E-state index >= 15 is 0 Å². The Kier molecular flexibility index (Phi) is 5.23. The molecule has 0 unspecified atom stereocenters. The molecule has 22 heavy (non-hydrogen) atoms. The van der Waals surface area contributed by atoms with Crippen molar-refractivity contribution in [1.82, 2.24) is 25.4 Å². The minimum Gasteiger partial charge on any atom is -0.338 e. The molecule has 2 aliphatic rings. The number of aryl methyl sites for hydroxylation is 1. The molecule has 1 aliphatic carbocycles. The van der Waals surface area contributed by atoms with E-state index in [4.69, 9.17) is 0 Å². The molecule has 2 atom stereocenters. The fourth-order valence-corrected chi connectivity index (χ4v) is 4.52. The molecule has 3 rings (SSSR count). The number of carbonyl (C=O) groups excluding carboxylic acids is 1. The molecule has 122 valence electrons. The fraction of sp³-hybridized carbons (Fsp3) is 0.800. The normalized spacial score (nSPS) is 23.5. The Morgan fingerprint density at radius 3 is 3.18 bits per heavy atom. The Morgan fingerprint density at radius 2 is 2.32 bits per heavy atom. The standard InChI is InChI=1S/C15H25N5OS/c1-2-22-12-6-5-11(10-12)17-15(21)16-8-7-14-19-18-13-4-3-9-20(13)14/h11-12H,2-10H2,1H3,(H2,16,17,21)/t11-,12+/m0/s1. The molecule has 1 aliphatic heterocycles.